The summed E-state index contributed by atoms with van der Waals surface area (Å²) in [6, 6.07) is 6.41. The van der Waals surface area contributed by atoms with Crippen LogP contribution in [-0.2, 0) is 14.8 Å². The van der Waals surface area contributed by atoms with Crippen LogP contribution in [0.15, 0.2) is 29.2 Å². The Bertz CT molecular complexity index is 581. The quantitative estimate of drug-likeness (QED) is 0.801. The number of nitrogens with zero attached hydrogens (tertiary/aromatic N) is 1. The molecule has 0 atom stereocenters. The Kier molecular flexibility index (Phi) is 3.77. The molecule has 0 amide bonds. The lowest BCUT2D eigenvalue weighted by molar-refractivity contribution is -0.135. The summed E-state index contributed by atoms with van der Waals surface area (Å²) in [6.45, 7) is -0.254. The second kappa shape index (κ2) is 5.18. The largest absolute Gasteiger partial charge is 0.480 e. The summed E-state index contributed by atoms with van der Waals surface area (Å²) in [6.07, 6.45) is 1.71. The molecule has 104 valence electrons. The molecule has 0 radical (unpaired) electrons. The van der Waals surface area contributed by atoms with Gasteiger partial charge in [0.25, 0.3) is 0 Å². The van der Waals surface area contributed by atoms with Crippen LogP contribution in [0.4, 0.5) is 5.69 Å². The number of likely N-dealkylation sites (N-methyl/N-ethyl adjacent to an activating group) is 1. The molecular formula is C12H16N2O4S. The molecule has 0 unspecified atom stereocenters. The van der Waals surface area contributed by atoms with Gasteiger partial charge in [-0.25, -0.2) is 13.1 Å². The second-order valence-electron chi connectivity index (χ2n) is 4.61. The molecule has 1 fully saturated rings. The summed E-state index contributed by atoms with van der Waals surface area (Å²) in [5, 5.41) is 8.79. The first-order valence-corrected chi connectivity index (χ1v) is 7.43. The summed E-state index contributed by atoms with van der Waals surface area (Å²) in [4.78, 5) is 12.2. The van der Waals surface area contributed by atoms with Gasteiger partial charge >= 0.3 is 5.97 Å². The first-order valence-electron chi connectivity index (χ1n) is 5.94. The number of aliphatic carboxylic acids is 1. The Morgan fingerprint density at radius 3 is 2.63 bits per heavy atom. The fraction of sp³-hybridized carbons (Fsp3) is 0.417. The number of carbonyl (C=O) groups is 1. The molecule has 2 rings (SSSR count). The molecule has 1 aromatic rings. The molecule has 1 saturated carbocycles. The van der Waals surface area contributed by atoms with E-state index in [1.165, 1.54) is 11.0 Å². The van der Waals surface area contributed by atoms with Gasteiger partial charge in [0.2, 0.25) is 10.0 Å². The van der Waals surface area contributed by atoms with E-state index < -0.39 is 16.0 Å². The molecular weight excluding hydrogens is 268 g/mol. The maximum Gasteiger partial charge on any atom is 0.323 e. The first kappa shape index (κ1) is 13.8. The minimum Gasteiger partial charge on any atom is -0.480 e. The van der Waals surface area contributed by atoms with E-state index in [0.29, 0.717) is 5.69 Å². The number of rotatable bonds is 6. The third-order valence-corrected chi connectivity index (χ3v) is 4.41. The molecule has 0 saturated heterocycles. The maximum absolute atomic E-state index is 12.2. The van der Waals surface area contributed by atoms with E-state index in [4.69, 9.17) is 5.11 Å². The van der Waals surface area contributed by atoms with Crippen LogP contribution in [0.3, 0.4) is 0 Å². The van der Waals surface area contributed by atoms with Crippen LogP contribution < -0.4 is 9.62 Å². The fourth-order valence-electron chi connectivity index (χ4n) is 1.77. The highest BCUT2D eigenvalue weighted by molar-refractivity contribution is 7.89. The van der Waals surface area contributed by atoms with Crippen LogP contribution in [0, 0.1) is 0 Å². The number of benzene rings is 1. The third kappa shape index (κ3) is 3.45. The van der Waals surface area contributed by atoms with Crippen LogP contribution >= 0.6 is 0 Å². The topological polar surface area (TPSA) is 86.7 Å². The van der Waals surface area contributed by atoms with Gasteiger partial charge in [-0.2, -0.15) is 0 Å². The van der Waals surface area contributed by atoms with Crippen molar-refractivity contribution >= 4 is 21.7 Å². The van der Waals surface area contributed by atoms with Crippen LogP contribution in [0.2, 0.25) is 0 Å². The van der Waals surface area contributed by atoms with Crippen LogP contribution in [0.1, 0.15) is 12.8 Å². The number of sulfonamides is 1. The van der Waals surface area contributed by atoms with Crippen LogP contribution in [0.5, 0.6) is 0 Å². The molecule has 0 bridgehead atoms. The molecule has 19 heavy (non-hydrogen) atoms. The summed E-state index contributed by atoms with van der Waals surface area (Å²) >= 11 is 0. The van der Waals surface area contributed by atoms with E-state index >= 15 is 0 Å². The summed E-state index contributed by atoms with van der Waals surface area (Å²) in [5.41, 5.74) is 0.387. The number of para-hydroxylation sites is 1. The zero-order valence-corrected chi connectivity index (χ0v) is 11.4. The van der Waals surface area contributed by atoms with Crippen molar-refractivity contribution in [3.8, 4) is 0 Å². The normalized spacial score (nSPS) is 15.2. The SMILES string of the molecule is CN(CC(=O)O)c1ccccc1S(=O)(=O)NC1CC1. The molecule has 0 spiro atoms. The number of anilines is 1. The fourth-order valence-corrected chi connectivity index (χ4v) is 3.33. The van der Waals surface area contributed by atoms with Crippen molar-refractivity contribution in [1.29, 1.82) is 0 Å². The number of hydrogen-bond acceptors (Lipinski definition) is 4. The average Bonchev–Trinajstić information content (AvgIpc) is 3.11. The Labute approximate surface area is 112 Å². The zero-order chi connectivity index (χ0) is 14.0. The number of carboxylic acids is 1. The van der Waals surface area contributed by atoms with Crippen LogP contribution in [-0.4, -0.2) is 39.1 Å². The van der Waals surface area contributed by atoms with Gasteiger partial charge in [-0.1, -0.05) is 12.1 Å². The van der Waals surface area contributed by atoms with Crippen molar-refractivity contribution in [3.05, 3.63) is 24.3 Å². The van der Waals surface area contributed by atoms with E-state index in [1.807, 2.05) is 0 Å². The number of nitrogens with one attached hydrogen (secondary N) is 1. The molecule has 1 aliphatic carbocycles. The highest BCUT2D eigenvalue weighted by atomic mass is 32.2. The summed E-state index contributed by atoms with van der Waals surface area (Å²) < 4.78 is 27.0. The van der Waals surface area contributed by atoms with Gasteiger partial charge in [0.15, 0.2) is 0 Å². The van der Waals surface area contributed by atoms with E-state index in [2.05, 4.69) is 4.72 Å². The van der Waals surface area contributed by atoms with Gasteiger partial charge in [0, 0.05) is 13.1 Å². The van der Waals surface area contributed by atoms with Gasteiger partial charge in [-0.15, -0.1) is 0 Å². The van der Waals surface area contributed by atoms with Gasteiger partial charge in [0.05, 0.1) is 5.69 Å². The minimum absolute atomic E-state index is 0.0165. The van der Waals surface area contributed by atoms with Gasteiger partial charge in [0.1, 0.15) is 11.4 Å². The molecule has 1 aromatic carbocycles. The molecule has 2 N–H and O–H groups in total. The maximum atomic E-state index is 12.2. The molecule has 0 aliphatic heterocycles. The number of carboxylic acid groups (broad SMARTS) is 1. The highest BCUT2D eigenvalue weighted by Crippen LogP contribution is 2.27. The third-order valence-electron chi connectivity index (χ3n) is 2.84. The average molecular weight is 284 g/mol. The monoisotopic (exact) mass is 284 g/mol. The minimum atomic E-state index is -3.59. The lowest BCUT2D eigenvalue weighted by Crippen LogP contribution is -2.30. The predicted octanol–water partition coefficient (Wildman–Crippen LogP) is 0.648. The van der Waals surface area contributed by atoms with Crippen molar-refractivity contribution < 1.29 is 18.3 Å². The van der Waals surface area contributed by atoms with Gasteiger partial charge in [-0.05, 0) is 25.0 Å². The highest BCUT2D eigenvalue weighted by Gasteiger charge is 2.29. The van der Waals surface area contributed by atoms with Crippen molar-refractivity contribution in [2.24, 2.45) is 0 Å². The van der Waals surface area contributed by atoms with Crippen molar-refractivity contribution in [3.63, 3.8) is 0 Å². The molecule has 6 nitrogen and oxygen atoms in total. The smallest absolute Gasteiger partial charge is 0.323 e. The van der Waals surface area contributed by atoms with Crippen molar-refractivity contribution in [1.82, 2.24) is 4.72 Å². The predicted molar refractivity (Wildman–Crippen MR) is 70.7 cm³/mol. The first-order chi connectivity index (χ1) is 8.90. The summed E-state index contributed by atoms with van der Waals surface area (Å²) in [7, 11) is -2.04. The molecule has 0 heterocycles. The standard InChI is InChI=1S/C12H16N2O4S/c1-14(8-12(15)16)10-4-2-3-5-11(10)19(17,18)13-9-6-7-9/h2-5,9,13H,6-8H2,1H3,(H,15,16). The van der Waals surface area contributed by atoms with E-state index in [0.717, 1.165) is 12.8 Å². The van der Waals surface area contributed by atoms with Crippen LogP contribution in [0.25, 0.3) is 0 Å². The summed E-state index contributed by atoms with van der Waals surface area (Å²) in [5.74, 6) is -1.01. The van der Waals surface area contributed by atoms with Crippen molar-refractivity contribution in [2.45, 2.75) is 23.8 Å². The molecule has 0 aromatic heterocycles. The van der Waals surface area contributed by atoms with E-state index in [9.17, 15) is 13.2 Å². The van der Waals surface area contributed by atoms with E-state index in [1.54, 1.807) is 25.2 Å². The zero-order valence-electron chi connectivity index (χ0n) is 10.5. The number of hydrogen-bond donors (Lipinski definition) is 2. The molecule has 7 heteroatoms. The molecule has 1 aliphatic rings. The Morgan fingerprint density at radius 2 is 2.05 bits per heavy atom. The van der Waals surface area contributed by atoms with Crippen molar-refractivity contribution in [2.75, 3.05) is 18.5 Å². The second-order valence-corrected chi connectivity index (χ2v) is 6.30. The lowest BCUT2D eigenvalue weighted by Gasteiger charge is -2.20. The van der Waals surface area contributed by atoms with Gasteiger partial charge < -0.3 is 10.0 Å². The van der Waals surface area contributed by atoms with Gasteiger partial charge in [-0.3, -0.25) is 4.79 Å². The Balaban J connectivity index is 2.31. The Morgan fingerprint density at radius 1 is 1.42 bits per heavy atom. The Hall–Kier alpha value is -1.60. The van der Waals surface area contributed by atoms with E-state index in [-0.39, 0.29) is 17.5 Å². The lowest BCUT2D eigenvalue weighted by atomic mass is 10.3.